The number of amides is 1. The first-order valence-corrected chi connectivity index (χ1v) is 9.62. The SMILES string of the molecule is CNCCC1CCN(C(=O)c2cccc(-c3noc(C4CC4)n3)c2)CC1. The Balaban J connectivity index is 1.42. The van der Waals surface area contributed by atoms with E-state index in [1.165, 1.54) is 6.42 Å². The molecule has 0 spiro atoms. The van der Waals surface area contributed by atoms with E-state index < -0.39 is 0 Å². The molecule has 0 radical (unpaired) electrons. The smallest absolute Gasteiger partial charge is 0.253 e. The summed E-state index contributed by atoms with van der Waals surface area (Å²) >= 11 is 0. The summed E-state index contributed by atoms with van der Waals surface area (Å²) in [7, 11) is 1.99. The van der Waals surface area contributed by atoms with Crippen molar-refractivity contribution in [3.8, 4) is 11.4 Å². The number of hydrogen-bond donors (Lipinski definition) is 1. The van der Waals surface area contributed by atoms with Gasteiger partial charge in [0.1, 0.15) is 0 Å². The number of rotatable bonds is 6. The molecule has 1 saturated heterocycles. The fourth-order valence-corrected chi connectivity index (χ4v) is 3.60. The van der Waals surface area contributed by atoms with Crippen molar-refractivity contribution >= 4 is 5.91 Å². The molecule has 0 unspecified atom stereocenters. The highest BCUT2D eigenvalue weighted by atomic mass is 16.5. The van der Waals surface area contributed by atoms with Crippen LogP contribution in [0.5, 0.6) is 0 Å². The molecule has 2 fully saturated rings. The minimum absolute atomic E-state index is 0.102. The van der Waals surface area contributed by atoms with Gasteiger partial charge in [-0.2, -0.15) is 4.98 Å². The van der Waals surface area contributed by atoms with Gasteiger partial charge >= 0.3 is 0 Å². The fraction of sp³-hybridized carbons (Fsp3) is 0.550. The minimum Gasteiger partial charge on any atom is -0.339 e. The molecule has 0 atom stereocenters. The monoisotopic (exact) mass is 354 g/mol. The molecule has 26 heavy (non-hydrogen) atoms. The second-order valence-corrected chi connectivity index (χ2v) is 7.44. The number of benzene rings is 1. The lowest BCUT2D eigenvalue weighted by atomic mass is 9.93. The third kappa shape index (κ3) is 3.80. The highest BCUT2D eigenvalue weighted by molar-refractivity contribution is 5.95. The molecule has 0 bridgehead atoms. The van der Waals surface area contributed by atoms with Crippen molar-refractivity contribution in [3.05, 3.63) is 35.7 Å². The Kier molecular flexibility index (Phi) is 5.02. The van der Waals surface area contributed by atoms with Gasteiger partial charge in [-0.25, -0.2) is 0 Å². The second-order valence-electron chi connectivity index (χ2n) is 7.44. The third-order valence-electron chi connectivity index (χ3n) is 5.44. The molecule has 2 aromatic rings. The molecule has 1 aliphatic heterocycles. The van der Waals surface area contributed by atoms with Crippen molar-refractivity contribution in [2.24, 2.45) is 5.92 Å². The number of carbonyl (C=O) groups is 1. The number of carbonyl (C=O) groups excluding carboxylic acids is 1. The van der Waals surface area contributed by atoms with Gasteiger partial charge in [0.2, 0.25) is 11.7 Å². The van der Waals surface area contributed by atoms with Crippen LogP contribution in [-0.4, -0.2) is 47.6 Å². The lowest BCUT2D eigenvalue weighted by Gasteiger charge is -2.32. The van der Waals surface area contributed by atoms with Crippen LogP contribution in [0.4, 0.5) is 0 Å². The molecule has 2 heterocycles. The Morgan fingerprint density at radius 1 is 1.27 bits per heavy atom. The molecule has 6 nitrogen and oxygen atoms in total. The van der Waals surface area contributed by atoms with Crippen LogP contribution in [0.2, 0.25) is 0 Å². The average molecular weight is 354 g/mol. The van der Waals surface area contributed by atoms with E-state index >= 15 is 0 Å². The molecule has 138 valence electrons. The standard InChI is InChI=1S/C20H26N4O2/c1-21-10-7-14-8-11-24(12-9-14)20(25)17-4-2-3-16(13-17)18-22-19(26-23-18)15-5-6-15/h2-4,13-15,21H,5-12H2,1H3. The van der Waals surface area contributed by atoms with E-state index in [2.05, 4.69) is 15.5 Å². The highest BCUT2D eigenvalue weighted by Crippen LogP contribution is 2.39. The van der Waals surface area contributed by atoms with Gasteiger partial charge in [-0.15, -0.1) is 0 Å². The number of nitrogens with one attached hydrogen (secondary N) is 1. The molecule has 4 rings (SSSR count). The first kappa shape index (κ1) is 17.2. The lowest BCUT2D eigenvalue weighted by molar-refractivity contribution is 0.0687. The minimum atomic E-state index is 0.102. The van der Waals surface area contributed by atoms with Gasteiger partial charge in [0, 0.05) is 30.1 Å². The predicted octanol–water partition coefficient (Wildman–Crippen LogP) is 3.08. The summed E-state index contributed by atoms with van der Waals surface area (Å²) < 4.78 is 5.34. The summed E-state index contributed by atoms with van der Waals surface area (Å²) in [5, 5.41) is 7.29. The maximum absolute atomic E-state index is 12.9. The summed E-state index contributed by atoms with van der Waals surface area (Å²) in [4.78, 5) is 19.3. The van der Waals surface area contributed by atoms with E-state index in [9.17, 15) is 4.79 Å². The van der Waals surface area contributed by atoms with Gasteiger partial charge in [-0.05, 0) is 63.7 Å². The third-order valence-corrected chi connectivity index (χ3v) is 5.44. The first-order chi connectivity index (χ1) is 12.7. The van der Waals surface area contributed by atoms with E-state index in [0.29, 0.717) is 17.3 Å². The van der Waals surface area contributed by atoms with Crippen LogP contribution in [-0.2, 0) is 0 Å². The van der Waals surface area contributed by atoms with Crippen LogP contribution in [0.3, 0.4) is 0 Å². The molecule has 1 N–H and O–H groups in total. The number of hydrogen-bond acceptors (Lipinski definition) is 5. The lowest BCUT2D eigenvalue weighted by Crippen LogP contribution is -2.38. The summed E-state index contributed by atoms with van der Waals surface area (Å²) in [6.45, 7) is 2.73. The number of nitrogens with zero attached hydrogens (tertiary/aromatic N) is 3. The van der Waals surface area contributed by atoms with Crippen LogP contribution in [0.25, 0.3) is 11.4 Å². The summed E-state index contributed by atoms with van der Waals surface area (Å²) in [6, 6.07) is 7.59. The van der Waals surface area contributed by atoms with E-state index in [1.54, 1.807) is 0 Å². The summed E-state index contributed by atoms with van der Waals surface area (Å²) in [5.41, 5.74) is 1.55. The van der Waals surface area contributed by atoms with Crippen molar-refractivity contribution in [2.45, 2.75) is 38.0 Å². The van der Waals surface area contributed by atoms with Gasteiger partial charge < -0.3 is 14.7 Å². The molecule has 6 heteroatoms. The van der Waals surface area contributed by atoms with Crippen molar-refractivity contribution < 1.29 is 9.32 Å². The van der Waals surface area contributed by atoms with Crippen LogP contribution in [0.1, 0.15) is 54.3 Å². The number of aromatic nitrogens is 2. The van der Waals surface area contributed by atoms with Crippen molar-refractivity contribution in [3.63, 3.8) is 0 Å². The van der Waals surface area contributed by atoms with E-state index in [-0.39, 0.29) is 5.91 Å². The Morgan fingerprint density at radius 2 is 2.08 bits per heavy atom. The van der Waals surface area contributed by atoms with Crippen molar-refractivity contribution in [2.75, 3.05) is 26.7 Å². The molecule has 1 amide bonds. The molecule has 1 aromatic heterocycles. The van der Waals surface area contributed by atoms with Gasteiger partial charge in [0.15, 0.2) is 0 Å². The zero-order valence-electron chi connectivity index (χ0n) is 15.3. The normalized spacial score (nSPS) is 18.3. The first-order valence-electron chi connectivity index (χ1n) is 9.62. The van der Waals surface area contributed by atoms with E-state index in [4.69, 9.17) is 4.52 Å². The Labute approximate surface area is 154 Å². The van der Waals surface area contributed by atoms with Crippen molar-refractivity contribution in [1.82, 2.24) is 20.4 Å². The van der Waals surface area contributed by atoms with Crippen LogP contribution >= 0.6 is 0 Å². The molecule has 1 aliphatic carbocycles. The Hall–Kier alpha value is -2.21. The summed E-state index contributed by atoms with van der Waals surface area (Å²) in [5.74, 6) is 2.56. The Bertz CT molecular complexity index is 761. The van der Waals surface area contributed by atoms with Crippen LogP contribution in [0.15, 0.2) is 28.8 Å². The maximum Gasteiger partial charge on any atom is 0.253 e. The van der Waals surface area contributed by atoms with Crippen LogP contribution in [0, 0.1) is 5.92 Å². The molecule has 2 aliphatic rings. The fourth-order valence-electron chi connectivity index (χ4n) is 3.60. The average Bonchev–Trinajstić information content (AvgIpc) is 3.43. The maximum atomic E-state index is 12.9. The van der Waals surface area contributed by atoms with Gasteiger partial charge in [-0.3, -0.25) is 4.79 Å². The molecular formula is C20H26N4O2. The molecule has 1 saturated carbocycles. The largest absolute Gasteiger partial charge is 0.339 e. The van der Waals surface area contributed by atoms with Gasteiger partial charge in [-0.1, -0.05) is 17.3 Å². The number of likely N-dealkylation sites (tertiary alicyclic amines) is 1. The van der Waals surface area contributed by atoms with E-state index in [0.717, 1.165) is 62.7 Å². The zero-order chi connectivity index (χ0) is 17.9. The zero-order valence-corrected chi connectivity index (χ0v) is 15.3. The number of piperidine rings is 1. The van der Waals surface area contributed by atoms with Gasteiger partial charge in [0.25, 0.3) is 5.91 Å². The topological polar surface area (TPSA) is 71.3 Å². The quantitative estimate of drug-likeness (QED) is 0.863. The molecular weight excluding hydrogens is 328 g/mol. The second kappa shape index (κ2) is 7.58. The Morgan fingerprint density at radius 3 is 2.81 bits per heavy atom. The van der Waals surface area contributed by atoms with Crippen LogP contribution < -0.4 is 5.32 Å². The summed E-state index contributed by atoms with van der Waals surface area (Å²) in [6.07, 6.45) is 5.62. The predicted molar refractivity (Wildman–Crippen MR) is 98.9 cm³/mol. The highest BCUT2D eigenvalue weighted by Gasteiger charge is 2.30. The van der Waals surface area contributed by atoms with Crippen molar-refractivity contribution in [1.29, 1.82) is 0 Å². The van der Waals surface area contributed by atoms with Gasteiger partial charge in [0.05, 0.1) is 0 Å². The molecule has 1 aromatic carbocycles. The van der Waals surface area contributed by atoms with E-state index in [1.807, 2.05) is 36.2 Å².